The van der Waals surface area contributed by atoms with E-state index in [9.17, 15) is 9.90 Å². The largest absolute Gasteiger partial charge is 0.374 e. The third kappa shape index (κ3) is 3.40. The number of hydrogen-bond donors (Lipinski definition) is 3. The third-order valence-corrected chi connectivity index (χ3v) is 2.79. The lowest BCUT2D eigenvalue weighted by Crippen LogP contribution is -2.16. The van der Waals surface area contributed by atoms with Gasteiger partial charge in [-0.1, -0.05) is 30.3 Å². The van der Waals surface area contributed by atoms with Gasteiger partial charge in [0.05, 0.1) is 0 Å². The number of nitrogens with one attached hydrogen (secondary N) is 2. The summed E-state index contributed by atoms with van der Waals surface area (Å²) in [5, 5.41) is 15.1. The van der Waals surface area contributed by atoms with Crippen LogP contribution in [0.2, 0.25) is 0 Å². The molecule has 0 radical (unpaired) electrons. The Morgan fingerprint density at radius 2 is 1.68 bits per heavy atom. The minimum Gasteiger partial charge on any atom is -0.374 e. The molecule has 1 amide bonds. The minimum absolute atomic E-state index is 0.170. The van der Waals surface area contributed by atoms with Gasteiger partial charge in [0, 0.05) is 11.3 Å². The van der Waals surface area contributed by atoms with E-state index >= 15 is 0 Å². The van der Waals surface area contributed by atoms with Crippen molar-refractivity contribution in [1.29, 1.82) is 0 Å². The van der Waals surface area contributed by atoms with Gasteiger partial charge in [-0.15, -0.1) is 0 Å². The number of rotatable bonds is 4. The highest BCUT2D eigenvalue weighted by molar-refractivity contribution is 6.04. The Morgan fingerprint density at radius 1 is 1.05 bits per heavy atom. The average molecular weight is 256 g/mol. The fraction of sp³-hybridized carbons (Fsp3) is 0.133. The maximum absolute atomic E-state index is 12.0. The van der Waals surface area contributed by atoms with Crippen molar-refractivity contribution in [2.24, 2.45) is 0 Å². The maximum atomic E-state index is 12.0. The summed E-state index contributed by atoms with van der Waals surface area (Å²) in [5.41, 5.74) is 2.03. The molecule has 0 aliphatic rings. The van der Waals surface area contributed by atoms with Crippen LogP contribution >= 0.6 is 0 Å². The van der Waals surface area contributed by atoms with Crippen LogP contribution in [0.3, 0.4) is 0 Å². The molecule has 19 heavy (non-hydrogen) atoms. The lowest BCUT2D eigenvalue weighted by Gasteiger charge is -2.10. The fourth-order valence-corrected chi connectivity index (χ4v) is 1.71. The number of aliphatic hydroxyl groups excluding tert-OH is 1. The summed E-state index contributed by atoms with van der Waals surface area (Å²) in [6.07, 6.45) is -0.716. The molecule has 0 aromatic heterocycles. The number of para-hydroxylation sites is 1. The van der Waals surface area contributed by atoms with E-state index in [1.54, 1.807) is 31.3 Å². The summed E-state index contributed by atoms with van der Waals surface area (Å²) in [7, 11) is 1.67. The van der Waals surface area contributed by atoms with Crippen LogP contribution in [0.5, 0.6) is 0 Å². The summed E-state index contributed by atoms with van der Waals surface area (Å²) >= 11 is 0. The summed E-state index contributed by atoms with van der Waals surface area (Å²) in [4.78, 5) is 12.0. The standard InChI is InChI=1S/C15H16N2O2/c1-16-14(18)11-7-9-12(10-8-11)15(19)17-13-5-3-2-4-6-13/h2-10,14,16,18H,1H3,(H,17,19). The molecule has 4 nitrogen and oxygen atoms in total. The number of carbonyl (C=O) groups is 1. The Kier molecular flexibility index (Phi) is 4.28. The zero-order chi connectivity index (χ0) is 13.7. The zero-order valence-corrected chi connectivity index (χ0v) is 10.6. The molecule has 0 aliphatic heterocycles. The Balaban J connectivity index is 2.08. The lowest BCUT2D eigenvalue weighted by atomic mass is 10.1. The predicted molar refractivity (Wildman–Crippen MR) is 74.9 cm³/mol. The van der Waals surface area contributed by atoms with Crippen LogP contribution < -0.4 is 10.6 Å². The number of hydrogen-bond acceptors (Lipinski definition) is 3. The summed E-state index contributed by atoms with van der Waals surface area (Å²) < 4.78 is 0. The average Bonchev–Trinajstić information content (AvgIpc) is 2.47. The number of anilines is 1. The smallest absolute Gasteiger partial charge is 0.255 e. The van der Waals surface area contributed by atoms with Gasteiger partial charge in [-0.2, -0.15) is 0 Å². The first-order valence-corrected chi connectivity index (χ1v) is 6.02. The van der Waals surface area contributed by atoms with Crippen LogP contribution in [0.4, 0.5) is 5.69 Å². The van der Waals surface area contributed by atoms with Gasteiger partial charge in [0.1, 0.15) is 6.23 Å². The maximum Gasteiger partial charge on any atom is 0.255 e. The first kappa shape index (κ1) is 13.3. The Labute approximate surface area is 112 Å². The van der Waals surface area contributed by atoms with Gasteiger partial charge < -0.3 is 10.4 Å². The van der Waals surface area contributed by atoms with Crippen molar-refractivity contribution in [2.45, 2.75) is 6.23 Å². The molecule has 0 saturated carbocycles. The second-order valence-electron chi connectivity index (χ2n) is 4.13. The van der Waals surface area contributed by atoms with Crippen molar-refractivity contribution in [3.8, 4) is 0 Å². The van der Waals surface area contributed by atoms with E-state index in [0.717, 1.165) is 11.3 Å². The summed E-state index contributed by atoms with van der Waals surface area (Å²) in [6, 6.07) is 16.1. The number of carbonyl (C=O) groups excluding carboxylic acids is 1. The van der Waals surface area contributed by atoms with Gasteiger partial charge >= 0.3 is 0 Å². The van der Waals surface area contributed by atoms with Gasteiger partial charge in [0.15, 0.2) is 0 Å². The van der Waals surface area contributed by atoms with Crippen molar-refractivity contribution < 1.29 is 9.90 Å². The van der Waals surface area contributed by atoms with Gasteiger partial charge in [0.25, 0.3) is 5.91 Å². The Hall–Kier alpha value is -2.17. The molecule has 1 unspecified atom stereocenters. The van der Waals surface area contributed by atoms with Crippen molar-refractivity contribution in [3.05, 3.63) is 65.7 Å². The van der Waals surface area contributed by atoms with E-state index < -0.39 is 6.23 Å². The van der Waals surface area contributed by atoms with Crippen molar-refractivity contribution >= 4 is 11.6 Å². The predicted octanol–water partition coefficient (Wildman–Crippen LogP) is 2.15. The van der Waals surface area contributed by atoms with Crippen LogP contribution in [0, 0.1) is 0 Å². The molecule has 0 aliphatic carbocycles. The first-order valence-electron chi connectivity index (χ1n) is 6.02. The molecule has 2 rings (SSSR count). The van der Waals surface area contributed by atoms with Gasteiger partial charge in [-0.25, -0.2) is 0 Å². The van der Waals surface area contributed by atoms with Crippen molar-refractivity contribution in [3.63, 3.8) is 0 Å². The molecule has 1 atom stereocenters. The SMILES string of the molecule is CNC(O)c1ccc(C(=O)Nc2ccccc2)cc1. The van der Waals surface area contributed by atoms with Gasteiger partial charge in [-0.05, 0) is 36.9 Å². The summed E-state index contributed by atoms with van der Waals surface area (Å²) in [6.45, 7) is 0. The van der Waals surface area contributed by atoms with E-state index in [1.165, 1.54) is 0 Å². The zero-order valence-electron chi connectivity index (χ0n) is 10.6. The van der Waals surface area contributed by atoms with Crippen LogP contribution in [0.1, 0.15) is 22.1 Å². The van der Waals surface area contributed by atoms with Crippen LogP contribution in [-0.4, -0.2) is 18.1 Å². The number of amides is 1. The highest BCUT2D eigenvalue weighted by Gasteiger charge is 2.08. The van der Waals surface area contributed by atoms with E-state index in [0.29, 0.717) is 5.56 Å². The minimum atomic E-state index is -0.716. The highest BCUT2D eigenvalue weighted by atomic mass is 16.3. The topological polar surface area (TPSA) is 61.4 Å². The lowest BCUT2D eigenvalue weighted by molar-refractivity contribution is 0.102. The highest BCUT2D eigenvalue weighted by Crippen LogP contribution is 2.13. The van der Waals surface area contributed by atoms with Gasteiger partial charge in [-0.3, -0.25) is 10.1 Å². The van der Waals surface area contributed by atoms with Crippen LogP contribution in [-0.2, 0) is 0 Å². The molecular formula is C15H16N2O2. The first-order chi connectivity index (χ1) is 9.20. The van der Waals surface area contributed by atoms with Gasteiger partial charge in [0.2, 0.25) is 0 Å². The number of benzene rings is 2. The third-order valence-electron chi connectivity index (χ3n) is 2.79. The molecule has 2 aromatic rings. The molecule has 0 bridgehead atoms. The fourth-order valence-electron chi connectivity index (χ4n) is 1.71. The molecule has 0 heterocycles. The quantitative estimate of drug-likeness (QED) is 0.734. The molecule has 0 saturated heterocycles. The normalized spacial score (nSPS) is 11.9. The second kappa shape index (κ2) is 6.13. The number of aliphatic hydroxyl groups is 1. The second-order valence-corrected chi connectivity index (χ2v) is 4.13. The summed E-state index contributed by atoms with van der Waals surface area (Å²) in [5.74, 6) is -0.170. The molecular weight excluding hydrogens is 240 g/mol. The Bertz CT molecular complexity index is 538. The molecule has 2 aromatic carbocycles. The van der Waals surface area contributed by atoms with E-state index in [4.69, 9.17) is 0 Å². The van der Waals surface area contributed by atoms with Crippen molar-refractivity contribution in [2.75, 3.05) is 12.4 Å². The molecule has 0 fully saturated rings. The van der Waals surface area contributed by atoms with E-state index in [1.807, 2.05) is 30.3 Å². The van der Waals surface area contributed by atoms with Crippen LogP contribution in [0.25, 0.3) is 0 Å². The van der Waals surface area contributed by atoms with Crippen LogP contribution in [0.15, 0.2) is 54.6 Å². The Morgan fingerprint density at radius 3 is 2.26 bits per heavy atom. The van der Waals surface area contributed by atoms with Crippen molar-refractivity contribution in [1.82, 2.24) is 5.32 Å². The molecule has 98 valence electrons. The molecule has 3 N–H and O–H groups in total. The van der Waals surface area contributed by atoms with E-state index in [2.05, 4.69) is 10.6 Å². The molecule has 0 spiro atoms. The monoisotopic (exact) mass is 256 g/mol. The molecule has 4 heteroatoms. The van der Waals surface area contributed by atoms with E-state index in [-0.39, 0.29) is 5.91 Å².